The summed E-state index contributed by atoms with van der Waals surface area (Å²) in [5.74, 6) is -0.823. The lowest BCUT2D eigenvalue weighted by atomic mass is 10.1. The highest BCUT2D eigenvalue weighted by Gasteiger charge is 2.32. The molecule has 0 aliphatic carbocycles. The van der Waals surface area contributed by atoms with Crippen molar-refractivity contribution in [3.8, 4) is 0 Å². The number of nitrogens with one attached hydrogen (secondary N) is 1. The Morgan fingerprint density at radius 1 is 1.56 bits per heavy atom. The molecule has 0 amide bonds. The number of piperazine rings is 1. The zero-order chi connectivity index (χ0) is 11.5. The van der Waals surface area contributed by atoms with Gasteiger partial charge in [0.05, 0.1) is 6.10 Å². The molecule has 0 radical (unpaired) electrons. The number of hydrogen-bond donors (Lipinski definition) is 2. The fourth-order valence-electron chi connectivity index (χ4n) is 2.44. The van der Waals surface area contributed by atoms with Gasteiger partial charge in [-0.2, -0.15) is 0 Å². The van der Waals surface area contributed by atoms with Gasteiger partial charge in [0, 0.05) is 32.2 Å². The van der Waals surface area contributed by atoms with Gasteiger partial charge in [0.25, 0.3) is 0 Å². The van der Waals surface area contributed by atoms with Gasteiger partial charge < -0.3 is 15.2 Å². The Morgan fingerprint density at radius 3 is 3.00 bits per heavy atom. The number of carbonyl (C=O) groups is 1. The first-order valence-electron chi connectivity index (χ1n) is 6.00. The summed E-state index contributed by atoms with van der Waals surface area (Å²) in [6.45, 7) is 6.11. The molecule has 5 heteroatoms. The molecule has 0 saturated carbocycles. The average molecular weight is 228 g/mol. The Bertz CT molecular complexity index is 260. The summed E-state index contributed by atoms with van der Waals surface area (Å²) < 4.78 is 5.51. The second kappa shape index (κ2) is 5.12. The van der Waals surface area contributed by atoms with E-state index in [1.165, 1.54) is 0 Å². The smallest absolute Gasteiger partial charge is 0.332 e. The van der Waals surface area contributed by atoms with Crippen LogP contribution in [0, 0.1) is 0 Å². The number of hydrogen-bond acceptors (Lipinski definition) is 4. The summed E-state index contributed by atoms with van der Waals surface area (Å²) in [5, 5.41) is 12.2. The molecule has 3 atom stereocenters. The zero-order valence-electron chi connectivity index (χ0n) is 9.69. The third-order valence-corrected chi connectivity index (χ3v) is 3.46. The van der Waals surface area contributed by atoms with Crippen molar-refractivity contribution in [2.24, 2.45) is 0 Å². The van der Waals surface area contributed by atoms with Crippen LogP contribution in [0.2, 0.25) is 0 Å². The quantitative estimate of drug-likeness (QED) is 0.707. The second-order valence-electron chi connectivity index (χ2n) is 4.71. The Balaban J connectivity index is 1.79. The molecule has 1 unspecified atom stereocenters. The van der Waals surface area contributed by atoms with Crippen molar-refractivity contribution < 1.29 is 14.6 Å². The SMILES string of the molecule is CC1CNCCN1C[C@@H]1CC[C@H](C(=O)O)O1. The predicted octanol–water partition coefficient (Wildman–Crippen LogP) is -0.0877. The predicted molar refractivity (Wildman–Crippen MR) is 59.4 cm³/mol. The maximum Gasteiger partial charge on any atom is 0.332 e. The van der Waals surface area contributed by atoms with Crippen molar-refractivity contribution in [1.82, 2.24) is 10.2 Å². The van der Waals surface area contributed by atoms with E-state index in [0.29, 0.717) is 12.5 Å². The van der Waals surface area contributed by atoms with E-state index in [1.54, 1.807) is 0 Å². The molecule has 2 saturated heterocycles. The van der Waals surface area contributed by atoms with Gasteiger partial charge in [-0.25, -0.2) is 4.79 Å². The van der Waals surface area contributed by atoms with Gasteiger partial charge in [0.15, 0.2) is 6.10 Å². The summed E-state index contributed by atoms with van der Waals surface area (Å²) in [4.78, 5) is 13.1. The molecule has 92 valence electrons. The first-order valence-corrected chi connectivity index (χ1v) is 6.00. The van der Waals surface area contributed by atoms with Crippen LogP contribution in [-0.2, 0) is 9.53 Å². The minimum atomic E-state index is -0.823. The third kappa shape index (κ3) is 2.72. The largest absolute Gasteiger partial charge is 0.479 e. The normalized spacial score (nSPS) is 36.4. The Hall–Kier alpha value is -0.650. The second-order valence-corrected chi connectivity index (χ2v) is 4.71. The van der Waals surface area contributed by atoms with E-state index >= 15 is 0 Å². The summed E-state index contributed by atoms with van der Waals surface area (Å²) >= 11 is 0. The minimum Gasteiger partial charge on any atom is -0.479 e. The fourth-order valence-corrected chi connectivity index (χ4v) is 2.44. The van der Waals surface area contributed by atoms with Gasteiger partial charge in [0.2, 0.25) is 0 Å². The van der Waals surface area contributed by atoms with Crippen molar-refractivity contribution in [3.05, 3.63) is 0 Å². The molecule has 2 rings (SSSR count). The number of ether oxygens (including phenoxy) is 1. The fraction of sp³-hybridized carbons (Fsp3) is 0.909. The Morgan fingerprint density at radius 2 is 2.38 bits per heavy atom. The monoisotopic (exact) mass is 228 g/mol. The standard InChI is InChI=1S/C11H20N2O3/c1-8-6-12-4-5-13(8)7-9-2-3-10(16-9)11(14)15/h8-10,12H,2-7H2,1H3,(H,14,15)/t8?,9-,10+/m0/s1. The first kappa shape index (κ1) is 11.8. The lowest BCUT2D eigenvalue weighted by Crippen LogP contribution is -2.51. The van der Waals surface area contributed by atoms with E-state index in [2.05, 4.69) is 17.1 Å². The molecular formula is C11H20N2O3. The molecule has 0 spiro atoms. The minimum absolute atomic E-state index is 0.0987. The van der Waals surface area contributed by atoms with Gasteiger partial charge in [-0.05, 0) is 19.8 Å². The van der Waals surface area contributed by atoms with Gasteiger partial charge in [-0.15, -0.1) is 0 Å². The van der Waals surface area contributed by atoms with Crippen LogP contribution in [0.25, 0.3) is 0 Å². The van der Waals surface area contributed by atoms with E-state index in [4.69, 9.17) is 9.84 Å². The molecule has 2 aliphatic heterocycles. The molecule has 2 fully saturated rings. The van der Waals surface area contributed by atoms with Crippen LogP contribution in [0.1, 0.15) is 19.8 Å². The summed E-state index contributed by atoms with van der Waals surface area (Å²) in [6, 6.07) is 0.515. The highest BCUT2D eigenvalue weighted by Crippen LogP contribution is 2.21. The third-order valence-electron chi connectivity index (χ3n) is 3.46. The van der Waals surface area contributed by atoms with Gasteiger partial charge in [-0.1, -0.05) is 0 Å². The Labute approximate surface area is 95.8 Å². The van der Waals surface area contributed by atoms with E-state index in [1.807, 2.05) is 0 Å². The van der Waals surface area contributed by atoms with Crippen LogP contribution in [0.15, 0.2) is 0 Å². The molecule has 2 heterocycles. The van der Waals surface area contributed by atoms with Crippen LogP contribution in [0.5, 0.6) is 0 Å². The van der Waals surface area contributed by atoms with Crippen molar-refractivity contribution in [1.29, 1.82) is 0 Å². The summed E-state index contributed by atoms with van der Waals surface area (Å²) in [6.07, 6.45) is 1.04. The van der Waals surface area contributed by atoms with Crippen LogP contribution in [0.3, 0.4) is 0 Å². The van der Waals surface area contributed by atoms with E-state index in [0.717, 1.165) is 32.6 Å². The van der Waals surface area contributed by atoms with Gasteiger partial charge in [-0.3, -0.25) is 4.90 Å². The number of aliphatic carboxylic acids is 1. The number of rotatable bonds is 3. The van der Waals surface area contributed by atoms with E-state index in [9.17, 15) is 4.79 Å². The van der Waals surface area contributed by atoms with E-state index < -0.39 is 12.1 Å². The first-order chi connectivity index (χ1) is 7.66. The van der Waals surface area contributed by atoms with Crippen molar-refractivity contribution in [3.63, 3.8) is 0 Å². The maximum atomic E-state index is 10.8. The zero-order valence-corrected chi connectivity index (χ0v) is 9.69. The average Bonchev–Trinajstić information content (AvgIpc) is 2.70. The van der Waals surface area contributed by atoms with Crippen molar-refractivity contribution >= 4 is 5.97 Å². The topological polar surface area (TPSA) is 61.8 Å². The van der Waals surface area contributed by atoms with Crippen LogP contribution >= 0.6 is 0 Å². The number of carboxylic acid groups (broad SMARTS) is 1. The van der Waals surface area contributed by atoms with Gasteiger partial charge >= 0.3 is 5.97 Å². The lowest BCUT2D eigenvalue weighted by molar-refractivity contribution is -0.149. The van der Waals surface area contributed by atoms with Crippen LogP contribution in [-0.4, -0.2) is 60.4 Å². The molecule has 2 N–H and O–H groups in total. The van der Waals surface area contributed by atoms with Crippen LogP contribution in [0.4, 0.5) is 0 Å². The van der Waals surface area contributed by atoms with E-state index in [-0.39, 0.29) is 6.10 Å². The Kier molecular flexibility index (Phi) is 3.78. The van der Waals surface area contributed by atoms with Crippen LogP contribution < -0.4 is 5.32 Å². The molecule has 0 bridgehead atoms. The molecular weight excluding hydrogens is 208 g/mol. The molecule has 0 aromatic rings. The summed E-state index contributed by atoms with van der Waals surface area (Å²) in [7, 11) is 0. The van der Waals surface area contributed by atoms with Crippen molar-refractivity contribution in [2.45, 2.75) is 38.0 Å². The maximum absolute atomic E-state index is 10.8. The van der Waals surface area contributed by atoms with Gasteiger partial charge in [0.1, 0.15) is 0 Å². The molecule has 0 aromatic carbocycles. The highest BCUT2D eigenvalue weighted by atomic mass is 16.5. The lowest BCUT2D eigenvalue weighted by Gasteiger charge is -2.35. The molecule has 5 nitrogen and oxygen atoms in total. The molecule has 16 heavy (non-hydrogen) atoms. The molecule has 2 aliphatic rings. The number of nitrogens with zero attached hydrogens (tertiary/aromatic N) is 1. The summed E-state index contributed by atoms with van der Waals surface area (Å²) in [5.41, 5.74) is 0. The van der Waals surface area contributed by atoms with Crippen molar-refractivity contribution in [2.75, 3.05) is 26.2 Å². The molecule has 0 aromatic heterocycles. The highest BCUT2D eigenvalue weighted by molar-refractivity contribution is 5.72. The number of carboxylic acids is 1.